The van der Waals surface area contributed by atoms with Crippen LogP contribution in [-0.2, 0) is 4.79 Å². The van der Waals surface area contributed by atoms with E-state index in [1.165, 1.54) is 5.56 Å². The number of benzene rings is 3. The van der Waals surface area contributed by atoms with Crippen molar-refractivity contribution in [1.29, 1.82) is 0 Å². The second kappa shape index (κ2) is 9.86. The first-order valence-electron chi connectivity index (χ1n) is 9.73. The molecular weight excluding hydrogens is 344 g/mol. The van der Waals surface area contributed by atoms with E-state index in [0.717, 1.165) is 11.1 Å². The molecule has 0 aliphatic rings. The Balaban J connectivity index is 1.70. The minimum absolute atomic E-state index is 0.0527. The summed E-state index contributed by atoms with van der Waals surface area (Å²) in [5, 5.41) is 3.15. The summed E-state index contributed by atoms with van der Waals surface area (Å²) < 4.78 is 0. The van der Waals surface area contributed by atoms with Crippen LogP contribution in [0.2, 0.25) is 0 Å². The molecule has 0 saturated heterocycles. The summed E-state index contributed by atoms with van der Waals surface area (Å²) in [5.74, 6) is 0.123. The fourth-order valence-corrected chi connectivity index (χ4v) is 3.54. The van der Waals surface area contributed by atoms with Gasteiger partial charge in [-0.05, 0) is 30.8 Å². The normalized spacial score (nSPS) is 12.1. The van der Waals surface area contributed by atoms with Gasteiger partial charge in [-0.15, -0.1) is 0 Å². The second-order valence-electron chi connectivity index (χ2n) is 7.27. The van der Waals surface area contributed by atoms with Crippen molar-refractivity contribution in [2.24, 2.45) is 0 Å². The largest absolute Gasteiger partial charge is 0.354 e. The molecule has 3 aromatic carbocycles. The van der Waals surface area contributed by atoms with Gasteiger partial charge in [-0.2, -0.15) is 0 Å². The van der Waals surface area contributed by atoms with Crippen molar-refractivity contribution >= 4 is 5.91 Å². The van der Waals surface area contributed by atoms with Crippen LogP contribution in [0.15, 0.2) is 91.0 Å². The summed E-state index contributed by atoms with van der Waals surface area (Å²) in [7, 11) is 4.08. The quantitative estimate of drug-likeness (QED) is 0.625. The van der Waals surface area contributed by atoms with Crippen LogP contribution >= 0.6 is 0 Å². The molecule has 0 bridgehead atoms. The van der Waals surface area contributed by atoms with Crippen LogP contribution in [-0.4, -0.2) is 31.4 Å². The third-order valence-electron chi connectivity index (χ3n) is 5.09. The molecule has 3 nitrogen and oxygen atoms in total. The lowest BCUT2D eigenvalue weighted by molar-refractivity contribution is -0.121. The van der Waals surface area contributed by atoms with Crippen molar-refractivity contribution in [3.8, 4) is 0 Å². The molecule has 3 rings (SSSR count). The molecule has 0 saturated carbocycles. The smallest absolute Gasteiger partial charge is 0.221 e. The number of rotatable bonds is 8. The number of hydrogen-bond donors (Lipinski definition) is 1. The maximum Gasteiger partial charge on any atom is 0.221 e. The van der Waals surface area contributed by atoms with Gasteiger partial charge in [-0.25, -0.2) is 0 Å². The zero-order valence-corrected chi connectivity index (χ0v) is 16.6. The van der Waals surface area contributed by atoms with Gasteiger partial charge in [-0.3, -0.25) is 4.79 Å². The standard InChI is InChI=1S/C25H28N2O/c1-27(2)24(22-16-10-5-11-17-22)19-26-25(28)18-23(20-12-6-3-7-13-20)21-14-8-4-9-15-21/h3-17,23-24H,18-19H2,1-2H3,(H,26,28). The van der Waals surface area contributed by atoms with E-state index in [9.17, 15) is 4.79 Å². The molecule has 0 aromatic heterocycles. The first-order valence-corrected chi connectivity index (χ1v) is 9.73. The average Bonchev–Trinajstić information content (AvgIpc) is 2.74. The third-order valence-corrected chi connectivity index (χ3v) is 5.09. The van der Waals surface area contributed by atoms with Gasteiger partial charge < -0.3 is 10.2 Å². The number of nitrogens with one attached hydrogen (secondary N) is 1. The van der Waals surface area contributed by atoms with E-state index >= 15 is 0 Å². The molecule has 1 atom stereocenters. The Kier molecular flexibility index (Phi) is 6.99. The number of hydrogen-bond acceptors (Lipinski definition) is 2. The van der Waals surface area contributed by atoms with Gasteiger partial charge in [0.2, 0.25) is 5.91 Å². The first kappa shape index (κ1) is 19.8. The number of nitrogens with zero attached hydrogens (tertiary/aromatic N) is 1. The van der Waals surface area contributed by atoms with Crippen molar-refractivity contribution in [1.82, 2.24) is 10.2 Å². The summed E-state index contributed by atoms with van der Waals surface area (Å²) in [5.41, 5.74) is 3.53. The molecule has 144 valence electrons. The highest BCUT2D eigenvalue weighted by molar-refractivity contribution is 5.77. The highest BCUT2D eigenvalue weighted by atomic mass is 16.1. The zero-order valence-electron chi connectivity index (χ0n) is 16.6. The van der Waals surface area contributed by atoms with Gasteiger partial charge in [0.25, 0.3) is 0 Å². The van der Waals surface area contributed by atoms with Crippen LogP contribution in [0.1, 0.15) is 35.1 Å². The summed E-state index contributed by atoms with van der Waals surface area (Å²) in [6.07, 6.45) is 0.433. The SMILES string of the molecule is CN(C)C(CNC(=O)CC(c1ccccc1)c1ccccc1)c1ccccc1. The fourth-order valence-electron chi connectivity index (χ4n) is 3.54. The van der Waals surface area contributed by atoms with Gasteiger partial charge in [0.15, 0.2) is 0 Å². The molecular formula is C25H28N2O. The molecule has 0 radical (unpaired) electrons. The van der Waals surface area contributed by atoms with E-state index in [-0.39, 0.29) is 17.9 Å². The molecule has 1 unspecified atom stereocenters. The lowest BCUT2D eigenvalue weighted by atomic mass is 9.88. The Hall–Kier alpha value is -2.91. The molecule has 0 aliphatic carbocycles. The monoisotopic (exact) mass is 372 g/mol. The molecule has 28 heavy (non-hydrogen) atoms. The fraction of sp³-hybridized carbons (Fsp3) is 0.240. The summed E-state index contributed by atoms with van der Waals surface area (Å²) in [6, 6.07) is 31.0. The molecule has 1 N–H and O–H groups in total. The van der Waals surface area contributed by atoms with Crippen LogP contribution in [0.4, 0.5) is 0 Å². The highest BCUT2D eigenvalue weighted by Gasteiger charge is 2.20. The van der Waals surface area contributed by atoms with E-state index in [2.05, 4.69) is 46.6 Å². The average molecular weight is 373 g/mol. The summed E-state index contributed by atoms with van der Waals surface area (Å²) in [6.45, 7) is 0.589. The van der Waals surface area contributed by atoms with Crippen molar-refractivity contribution in [3.63, 3.8) is 0 Å². The lowest BCUT2D eigenvalue weighted by Gasteiger charge is -2.25. The van der Waals surface area contributed by atoms with Crippen molar-refractivity contribution in [3.05, 3.63) is 108 Å². The Morgan fingerprint density at radius 1 is 0.750 bits per heavy atom. The van der Waals surface area contributed by atoms with Crippen LogP contribution in [0, 0.1) is 0 Å². The van der Waals surface area contributed by atoms with E-state index in [4.69, 9.17) is 0 Å². The number of carbonyl (C=O) groups excluding carboxylic acids is 1. The predicted molar refractivity (Wildman–Crippen MR) is 115 cm³/mol. The van der Waals surface area contributed by atoms with Crippen LogP contribution in [0.3, 0.4) is 0 Å². The van der Waals surface area contributed by atoms with Gasteiger partial charge in [0.1, 0.15) is 0 Å². The second-order valence-corrected chi connectivity index (χ2v) is 7.27. The lowest BCUT2D eigenvalue weighted by Crippen LogP contribution is -2.35. The number of amides is 1. The Bertz CT molecular complexity index is 808. The summed E-state index contributed by atoms with van der Waals surface area (Å²) >= 11 is 0. The Morgan fingerprint density at radius 3 is 1.61 bits per heavy atom. The number of carbonyl (C=O) groups is 1. The van der Waals surface area contributed by atoms with E-state index in [1.807, 2.05) is 68.7 Å². The zero-order chi connectivity index (χ0) is 19.8. The molecule has 3 aromatic rings. The third kappa shape index (κ3) is 5.30. The van der Waals surface area contributed by atoms with E-state index in [0.29, 0.717) is 13.0 Å². The van der Waals surface area contributed by atoms with Gasteiger partial charge in [0.05, 0.1) is 6.04 Å². The van der Waals surface area contributed by atoms with E-state index < -0.39 is 0 Å². The summed E-state index contributed by atoms with van der Waals surface area (Å²) in [4.78, 5) is 15.0. The van der Waals surface area contributed by atoms with Crippen LogP contribution in [0.25, 0.3) is 0 Å². The molecule has 3 heteroatoms. The van der Waals surface area contributed by atoms with Crippen molar-refractivity contribution in [2.45, 2.75) is 18.4 Å². The van der Waals surface area contributed by atoms with Crippen LogP contribution < -0.4 is 5.32 Å². The molecule has 0 spiro atoms. The molecule has 0 fully saturated rings. The Morgan fingerprint density at radius 2 is 1.18 bits per heavy atom. The molecule has 0 heterocycles. The predicted octanol–water partition coefficient (Wildman–Crippen LogP) is 4.63. The topological polar surface area (TPSA) is 32.3 Å². The van der Waals surface area contributed by atoms with E-state index in [1.54, 1.807) is 0 Å². The number of likely N-dealkylation sites (N-methyl/N-ethyl adjacent to an activating group) is 1. The van der Waals surface area contributed by atoms with Crippen molar-refractivity contribution in [2.75, 3.05) is 20.6 Å². The molecule has 0 aliphatic heterocycles. The van der Waals surface area contributed by atoms with Crippen LogP contribution in [0.5, 0.6) is 0 Å². The Labute approximate surface area is 168 Å². The minimum atomic E-state index is 0.0527. The van der Waals surface area contributed by atoms with Gasteiger partial charge in [0, 0.05) is 18.9 Å². The highest BCUT2D eigenvalue weighted by Crippen LogP contribution is 2.28. The maximum absolute atomic E-state index is 12.8. The molecule has 1 amide bonds. The van der Waals surface area contributed by atoms with Crippen molar-refractivity contribution < 1.29 is 4.79 Å². The van der Waals surface area contributed by atoms with Gasteiger partial charge in [-0.1, -0.05) is 91.0 Å². The maximum atomic E-state index is 12.8. The first-order chi connectivity index (χ1) is 13.6. The van der Waals surface area contributed by atoms with Gasteiger partial charge >= 0.3 is 0 Å². The minimum Gasteiger partial charge on any atom is -0.354 e.